The second kappa shape index (κ2) is 7.48. The van der Waals surface area contributed by atoms with Gasteiger partial charge in [0.25, 0.3) is 5.91 Å². The molecule has 0 bridgehead atoms. The van der Waals surface area contributed by atoms with Crippen LogP contribution < -0.4 is 5.32 Å². The molecule has 138 valence electrons. The van der Waals surface area contributed by atoms with Crippen molar-refractivity contribution in [2.24, 2.45) is 0 Å². The summed E-state index contributed by atoms with van der Waals surface area (Å²) in [6.45, 7) is 2.21. The molecule has 1 atom stereocenters. The minimum atomic E-state index is -0.124. The van der Waals surface area contributed by atoms with E-state index in [0.717, 1.165) is 41.0 Å². The van der Waals surface area contributed by atoms with E-state index in [4.69, 9.17) is 4.98 Å². The third kappa shape index (κ3) is 3.71. The van der Waals surface area contributed by atoms with Gasteiger partial charge < -0.3 is 10.2 Å². The monoisotopic (exact) mass is 379 g/mol. The SMILES string of the molecule is CC(=O)Nc1ccc(C(=O)N2CCCCC2c2nc3ccccc3s2)cc1. The molecule has 5 nitrogen and oxygen atoms in total. The average Bonchev–Trinajstić information content (AvgIpc) is 3.12. The Morgan fingerprint density at radius 2 is 1.89 bits per heavy atom. The van der Waals surface area contributed by atoms with Crippen LogP contribution in [0.3, 0.4) is 0 Å². The smallest absolute Gasteiger partial charge is 0.254 e. The van der Waals surface area contributed by atoms with Crippen LogP contribution in [-0.4, -0.2) is 28.2 Å². The molecule has 1 aliphatic heterocycles. The van der Waals surface area contributed by atoms with Crippen molar-refractivity contribution in [3.05, 3.63) is 59.1 Å². The first-order valence-corrected chi connectivity index (χ1v) is 9.97. The van der Waals surface area contributed by atoms with Gasteiger partial charge in [-0.2, -0.15) is 0 Å². The van der Waals surface area contributed by atoms with E-state index in [1.807, 2.05) is 23.1 Å². The summed E-state index contributed by atoms with van der Waals surface area (Å²) in [4.78, 5) is 31.0. The fraction of sp³-hybridized carbons (Fsp3) is 0.286. The first-order valence-electron chi connectivity index (χ1n) is 9.16. The number of fused-ring (bicyclic) bond motifs is 1. The zero-order chi connectivity index (χ0) is 18.8. The Hall–Kier alpha value is -2.73. The molecule has 1 N–H and O–H groups in total. The highest BCUT2D eigenvalue weighted by atomic mass is 32.1. The Kier molecular flexibility index (Phi) is 4.90. The van der Waals surface area contributed by atoms with Gasteiger partial charge in [-0.1, -0.05) is 12.1 Å². The standard InChI is InChI=1S/C21H21N3O2S/c1-14(25)22-16-11-9-15(10-12-16)21(26)24-13-5-4-7-18(24)20-23-17-6-2-3-8-19(17)27-20/h2-3,6,8-12,18H,4-5,7,13H2,1H3,(H,22,25). The van der Waals surface area contributed by atoms with Crippen molar-refractivity contribution in [2.45, 2.75) is 32.2 Å². The molecular weight excluding hydrogens is 358 g/mol. The van der Waals surface area contributed by atoms with Crippen LogP contribution in [-0.2, 0) is 4.79 Å². The molecule has 0 radical (unpaired) electrons. The lowest BCUT2D eigenvalue weighted by molar-refractivity contribution is -0.114. The highest BCUT2D eigenvalue weighted by molar-refractivity contribution is 7.18. The van der Waals surface area contributed by atoms with E-state index in [1.165, 1.54) is 6.92 Å². The third-order valence-corrected chi connectivity index (χ3v) is 5.95. The minimum absolute atomic E-state index is 0.0216. The number of piperidine rings is 1. The number of likely N-dealkylation sites (tertiary alicyclic amines) is 1. The van der Waals surface area contributed by atoms with E-state index >= 15 is 0 Å². The van der Waals surface area contributed by atoms with Crippen molar-refractivity contribution < 1.29 is 9.59 Å². The Morgan fingerprint density at radius 3 is 2.63 bits per heavy atom. The number of nitrogens with one attached hydrogen (secondary N) is 1. The van der Waals surface area contributed by atoms with Gasteiger partial charge in [-0.3, -0.25) is 9.59 Å². The van der Waals surface area contributed by atoms with Gasteiger partial charge in [0.15, 0.2) is 0 Å². The van der Waals surface area contributed by atoms with E-state index in [9.17, 15) is 9.59 Å². The summed E-state index contributed by atoms with van der Waals surface area (Å²) < 4.78 is 1.16. The van der Waals surface area contributed by atoms with Crippen LogP contribution in [0, 0.1) is 0 Å². The van der Waals surface area contributed by atoms with Crippen molar-refractivity contribution >= 4 is 39.1 Å². The number of aromatic nitrogens is 1. The number of benzene rings is 2. The molecule has 27 heavy (non-hydrogen) atoms. The molecule has 1 aliphatic rings. The molecule has 0 saturated carbocycles. The fourth-order valence-electron chi connectivity index (χ4n) is 3.53. The molecule has 2 amide bonds. The summed E-state index contributed by atoms with van der Waals surface area (Å²) in [7, 11) is 0. The normalized spacial score (nSPS) is 17.1. The zero-order valence-electron chi connectivity index (χ0n) is 15.1. The number of carbonyl (C=O) groups excluding carboxylic acids is 2. The molecule has 3 aromatic rings. The van der Waals surface area contributed by atoms with Gasteiger partial charge in [-0.25, -0.2) is 4.98 Å². The van der Waals surface area contributed by atoms with Gasteiger partial charge in [0, 0.05) is 24.7 Å². The maximum absolute atomic E-state index is 13.1. The second-order valence-electron chi connectivity index (χ2n) is 6.79. The van der Waals surface area contributed by atoms with Crippen molar-refractivity contribution in [1.82, 2.24) is 9.88 Å². The number of hydrogen-bond donors (Lipinski definition) is 1. The number of carbonyl (C=O) groups is 2. The summed E-state index contributed by atoms with van der Waals surface area (Å²) in [5.74, 6) is -0.102. The molecule has 0 spiro atoms. The lowest BCUT2D eigenvalue weighted by atomic mass is 10.0. The van der Waals surface area contributed by atoms with E-state index < -0.39 is 0 Å². The average molecular weight is 379 g/mol. The highest BCUT2D eigenvalue weighted by Gasteiger charge is 2.30. The Balaban J connectivity index is 1.59. The van der Waals surface area contributed by atoms with E-state index in [1.54, 1.807) is 35.6 Å². The van der Waals surface area contributed by atoms with Gasteiger partial charge in [-0.05, 0) is 55.7 Å². The number of anilines is 1. The van der Waals surface area contributed by atoms with E-state index in [0.29, 0.717) is 11.3 Å². The number of nitrogens with zero attached hydrogens (tertiary/aromatic N) is 2. The van der Waals surface area contributed by atoms with Gasteiger partial charge in [0.2, 0.25) is 5.91 Å². The summed E-state index contributed by atoms with van der Waals surface area (Å²) >= 11 is 1.68. The maximum atomic E-state index is 13.1. The Labute approximate surface area is 162 Å². The minimum Gasteiger partial charge on any atom is -0.329 e. The number of thiazole rings is 1. The molecule has 2 aromatic carbocycles. The van der Waals surface area contributed by atoms with Crippen LogP contribution >= 0.6 is 11.3 Å². The first-order chi connectivity index (χ1) is 13.1. The molecule has 6 heteroatoms. The Bertz CT molecular complexity index is 948. The lowest BCUT2D eigenvalue weighted by Gasteiger charge is -2.34. The van der Waals surface area contributed by atoms with Crippen LogP contribution in [0.25, 0.3) is 10.2 Å². The number of amides is 2. The molecule has 1 saturated heterocycles. The summed E-state index contributed by atoms with van der Waals surface area (Å²) in [5, 5.41) is 3.74. The van der Waals surface area contributed by atoms with Crippen LogP contribution in [0.5, 0.6) is 0 Å². The van der Waals surface area contributed by atoms with Crippen molar-refractivity contribution in [1.29, 1.82) is 0 Å². The summed E-state index contributed by atoms with van der Waals surface area (Å²) in [6, 6.07) is 15.2. The van der Waals surface area contributed by atoms with Crippen LogP contribution in [0.4, 0.5) is 5.69 Å². The second-order valence-corrected chi connectivity index (χ2v) is 7.85. The molecule has 1 fully saturated rings. The summed E-state index contributed by atoms with van der Waals surface area (Å²) in [6.07, 6.45) is 3.05. The largest absolute Gasteiger partial charge is 0.329 e. The van der Waals surface area contributed by atoms with Crippen LogP contribution in [0.2, 0.25) is 0 Å². The summed E-state index contributed by atoms with van der Waals surface area (Å²) in [5.41, 5.74) is 2.33. The van der Waals surface area contributed by atoms with E-state index in [2.05, 4.69) is 11.4 Å². The number of rotatable bonds is 3. The van der Waals surface area contributed by atoms with Crippen LogP contribution in [0.15, 0.2) is 48.5 Å². The molecule has 0 aliphatic carbocycles. The zero-order valence-corrected chi connectivity index (χ0v) is 16.0. The highest BCUT2D eigenvalue weighted by Crippen LogP contribution is 2.36. The molecule has 2 heterocycles. The molecular formula is C21H21N3O2S. The molecule has 1 unspecified atom stereocenters. The van der Waals surface area contributed by atoms with Crippen LogP contribution in [0.1, 0.15) is 47.6 Å². The number of hydrogen-bond acceptors (Lipinski definition) is 4. The van der Waals surface area contributed by atoms with Gasteiger partial charge >= 0.3 is 0 Å². The third-order valence-electron chi connectivity index (χ3n) is 4.81. The first kappa shape index (κ1) is 17.7. The predicted molar refractivity (Wildman–Crippen MR) is 108 cm³/mol. The van der Waals surface area contributed by atoms with Gasteiger partial charge in [-0.15, -0.1) is 11.3 Å². The molecule has 4 rings (SSSR count). The fourth-order valence-corrected chi connectivity index (χ4v) is 4.64. The lowest BCUT2D eigenvalue weighted by Crippen LogP contribution is -2.38. The van der Waals surface area contributed by atoms with Gasteiger partial charge in [0.05, 0.1) is 16.3 Å². The van der Waals surface area contributed by atoms with Crippen molar-refractivity contribution in [3.63, 3.8) is 0 Å². The van der Waals surface area contributed by atoms with E-state index in [-0.39, 0.29) is 17.9 Å². The van der Waals surface area contributed by atoms with Crippen molar-refractivity contribution in [2.75, 3.05) is 11.9 Å². The topological polar surface area (TPSA) is 62.3 Å². The Morgan fingerprint density at radius 1 is 1.11 bits per heavy atom. The van der Waals surface area contributed by atoms with Crippen molar-refractivity contribution in [3.8, 4) is 0 Å². The predicted octanol–water partition coefficient (Wildman–Crippen LogP) is 4.62. The number of para-hydroxylation sites is 1. The molecule has 1 aromatic heterocycles. The van der Waals surface area contributed by atoms with Gasteiger partial charge in [0.1, 0.15) is 5.01 Å². The quantitative estimate of drug-likeness (QED) is 0.722. The maximum Gasteiger partial charge on any atom is 0.254 e.